The summed E-state index contributed by atoms with van der Waals surface area (Å²) in [5, 5.41) is 7.51. The molecule has 0 saturated heterocycles. The van der Waals surface area contributed by atoms with Crippen LogP contribution in [0, 0.1) is 17.8 Å². The van der Waals surface area contributed by atoms with Crippen LogP contribution in [-0.4, -0.2) is 17.7 Å². The zero-order chi connectivity index (χ0) is 14.4. The average Bonchev–Trinajstić information content (AvgIpc) is 2.44. The van der Waals surface area contributed by atoms with Crippen molar-refractivity contribution < 1.29 is 0 Å². The zero-order valence-electron chi connectivity index (χ0n) is 13.3. The Hall–Kier alpha value is -0.310. The summed E-state index contributed by atoms with van der Waals surface area (Å²) in [5.41, 5.74) is 0. The molecule has 0 aromatic heterocycles. The predicted molar refractivity (Wildman–Crippen MR) is 90.9 cm³/mol. The van der Waals surface area contributed by atoms with Crippen LogP contribution in [0.4, 0.5) is 0 Å². The highest BCUT2D eigenvalue weighted by atomic mass is 32.1. The zero-order valence-corrected chi connectivity index (χ0v) is 14.1. The maximum atomic E-state index is 5.28. The average molecular weight is 297 g/mol. The highest BCUT2D eigenvalue weighted by Crippen LogP contribution is 2.36. The molecule has 2 rings (SSSR count). The predicted octanol–water partition coefficient (Wildman–Crippen LogP) is 4.25. The van der Waals surface area contributed by atoms with Crippen molar-refractivity contribution >= 4 is 17.3 Å². The highest BCUT2D eigenvalue weighted by molar-refractivity contribution is 7.80. The third kappa shape index (κ3) is 5.23. The molecule has 0 amide bonds. The number of hydrogen-bond donors (Lipinski definition) is 2. The van der Waals surface area contributed by atoms with E-state index in [0.717, 1.165) is 29.4 Å². The van der Waals surface area contributed by atoms with E-state index >= 15 is 0 Å². The van der Waals surface area contributed by atoms with Crippen molar-refractivity contribution in [1.29, 1.82) is 0 Å². The van der Waals surface area contributed by atoms with Crippen molar-refractivity contribution in [2.24, 2.45) is 17.8 Å². The fraction of sp³-hybridized carbons (Fsp3) is 0.941. The second-order valence-corrected chi connectivity index (χ2v) is 7.49. The molecule has 3 heteroatoms. The second-order valence-electron chi connectivity index (χ2n) is 7.08. The van der Waals surface area contributed by atoms with Crippen molar-refractivity contribution in [1.82, 2.24) is 10.6 Å². The van der Waals surface area contributed by atoms with Crippen molar-refractivity contribution in [3.05, 3.63) is 0 Å². The topological polar surface area (TPSA) is 24.1 Å². The molecule has 0 aromatic carbocycles. The minimum atomic E-state index is 0.615. The van der Waals surface area contributed by atoms with Gasteiger partial charge in [0.1, 0.15) is 0 Å². The fourth-order valence-electron chi connectivity index (χ4n) is 3.98. The number of thiocarbonyl (C=S) groups is 1. The Kier molecular flexibility index (Phi) is 6.60. The minimum Gasteiger partial charge on any atom is -0.363 e. The lowest BCUT2D eigenvalue weighted by Gasteiger charge is -2.34. The van der Waals surface area contributed by atoms with Crippen LogP contribution in [0.15, 0.2) is 0 Å². The van der Waals surface area contributed by atoms with E-state index in [1.165, 1.54) is 57.8 Å². The summed E-state index contributed by atoms with van der Waals surface area (Å²) in [6.45, 7) is 5.43. The molecule has 0 bridgehead atoms. The molecule has 0 radical (unpaired) electrons. The standard InChI is InChI=1S/C17H32N2S/c1-3-18-17(20)19-16-10-8-15(9-11-16)12-14-6-4-13(2)5-7-14/h13-16H,3-12H2,1-2H3,(H2,18,19,20). The molecular weight excluding hydrogens is 264 g/mol. The second kappa shape index (κ2) is 8.21. The molecular formula is C17H32N2S. The van der Waals surface area contributed by atoms with E-state index in [-0.39, 0.29) is 0 Å². The van der Waals surface area contributed by atoms with Gasteiger partial charge in [-0.05, 0) is 69.0 Å². The monoisotopic (exact) mass is 296 g/mol. The molecule has 2 aliphatic carbocycles. The van der Waals surface area contributed by atoms with E-state index in [0.29, 0.717) is 6.04 Å². The molecule has 0 aliphatic heterocycles. The van der Waals surface area contributed by atoms with Gasteiger partial charge in [0.2, 0.25) is 0 Å². The number of nitrogens with one attached hydrogen (secondary N) is 2. The first-order chi connectivity index (χ1) is 9.67. The van der Waals surface area contributed by atoms with Crippen molar-refractivity contribution in [2.45, 2.75) is 77.7 Å². The Balaban J connectivity index is 1.63. The number of hydrogen-bond acceptors (Lipinski definition) is 1. The van der Waals surface area contributed by atoms with Gasteiger partial charge in [-0.2, -0.15) is 0 Å². The van der Waals surface area contributed by atoms with Crippen LogP contribution in [0.1, 0.15) is 71.6 Å². The maximum Gasteiger partial charge on any atom is 0.166 e. The molecule has 2 N–H and O–H groups in total. The number of rotatable bonds is 4. The van der Waals surface area contributed by atoms with Crippen LogP contribution >= 0.6 is 12.2 Å². The molecule has 2 saturated carbocycles. The third-order valence-electron chi connectivity index (χ3n) is 5.32. The smallest absolute Gasteiger partial charge is 0.166 e. The van der Waals surface area contributed by atoms with Gasteiger partial charge in [-0.15, -0.1) is 0 Å². The van der Waals surface area contributed by atoms with Gasteiger partial charge >= 0.3 is 0 Å². The normalized spacial score (nSPS) is 34.5. The van der Waals surface area contributed by atoms with Crippen LogP contribution in [0.5, 0.6) is 0 Å². The van der Waals surface area contributed by atoms with Crippen LogP contribution < -0.4 is 10.6 Å². The summed E-state index contributed by atoms with van der Waals surface area (Å²) in [7, 11) is 0. The summed E-state index contributed by atoms with van der Waals surface area (Å²) in [4.78, 5) is 0. The Labute approximate surface area is 130 Å². The lowest BCUT2D eigenvalue weighted by Crippen LogP contribution is -2.43. The van der Waals surface area contributed by atoms with Crippen molar-refractivity contribution in [2.75, 3.05) is 6.54 Å². The van der Waals surface area contributed by atoms with E-state index in [4.69, 9.17) is 12.2 Å². The Bertz CT molecular complexity index is 289. The van der Waals surface area contributed by atoms with Crippen molar-refractivity contribution in [3.8, 4) is 0 Å². The van der Waals surface area contributed by atoms with Gasteiger partial charge in [-0.3, -0.25) is 0 Å². The van der Waals surface area contributed by atoms with Gasteiger partial charge < -0.3 is 10.6 Å². The quantitative estimate of drug-likeness (QED) is 0.759. The Morgan fingerprint density at radius 2 is 1.50 bits per heavy atom. The van der Waals surface area contributed by atoms with E-state index in [2.05, 4.69) is 24.5 Å². The molecule has 2 aliphatic rings. The van der Waals surface area contributed by atoms with Gasteiger partial charge in [0.25, 0.3) is 0 Å². The van der Waals surface area contributed by atoms with E-state index < -0.39 is 0 Å². The van der Waals surface area contributed by atoms with E-state index in [1.807, 2.05) is 0 Å². The van der Waals surface area contributed by atoms with Crippen LogP contribution in [0.3, 0.4) is 0 Å². The molecule has 2 nitrogen and oxygen atoms in total. The van der Waals surface area contributed by atoms with Gasteiger partial charge in [0.15, 0.2) is 5.11 Å². The highest BCUT2D eigenvalue weighted by Gasteiger charge is 2.26. The maximum absolute atomic E-state index is 5.28. The summed E-state index contributed by atoms with van der Waals surface area (Å²) >= 11 is 5.28. The molecule has 2 fully saturated rings. The Morgan fingerprint density at radius 1 is 0.950 bits per heavy atom. The molecule has 0 heterocycles. The summed E-state index contributed by atoms with van der Waals surface area (Å²) in [6.07, 6.45) is 12.8. The summed E-state index contributed by atoms with van der Waals surface area (Å²) in [6, 6.07) is 0.615. The SMILES string of the molecule is CCNC(=S)NC1CCC(CC2CCC(C)CC2)CC1. The molecule has 0 unspecified atom stereocenters. The largest absolute Gasteiger partial charge is 0.363 e. The van der Waals surface area contributed by atoms with Crippen LogP contribution in [0.2, 0.25) is 0 Å². The third-order valence-corrected chi connectivity index (χ3v) is 5.58. The first kappa shape index (κ1) is 16.1. The van der Waals surface area contributed by atoms with Gasteiger partial charge in [-0.25, -0.2) is 0 Å². The minimum absolute atomic E-state index is 0.615. The Morgan fingerprint density at radius 3 is 2.05 bits per heavy atom. The van der Waals surface area contributed by atoms with E-state index in [9.17, 15) is 0 Å². The summed E-state index contributed by atoms with van der Waals surface area (Å²) < 4.78 is 0. The van der Waals surface area contributed by atoms with Crippen molar-refractivity contribution in [3.63, 3.8) is 0 Å². The fourth-order valence-corrected chi connectivity index (χ4v) is 4.29. The van der Waals surface area contributed by atoms with Gasteiger partial charge in [0.05, 0.1) is 0 Å². The van der Waals surface area contributed by atoms with Crippen LogP contribution in [0.25, 0.3) is 0 Å². The van der Waals surface area contributed by atoms with Crippen LogP contribution in [-0.2, 0) is 0 Å². The van der Waals surface area contributed by atoms with Gasteiger partial charge in [0, 0.05) is 12.6 Å². The molecule has 116 valence electrons. The first-order valence-corrected chi connectivity index (χ1v) is 9.12. The van der Waals surface area contributed by atoms with Gasteiger partial charge in [-0.1, -0.05) is 32.6 Å². The van der Waals surface area contributed by atoms with E-state index in [1.54, 1.807) is 0 Å². The first-order valence-electron chi connectivity index (χ1n) is 8.71. The molecule has 0 spiro atoms. The molecule has 20 heavy (non-hydrogen) atoms. The molecule has 0 aromatic rings. The lowest BCUT2D eigenvalue weighted by atomic mass is 9.75. The molecule has 0 atom stereocenters. The lowest BCUT2D eigenvalue weighted by molar-refractivity contribution is 0.208. The summed E-state index contributed by atoms with van der Waals surface area (Å²) in [5.74, 6) is 3.00.